The number of ether oxygens (including phenoxy) is 2. The maximum Gasteiger partial charge on any atom is 0.255 e. The molecule has 1 amide bonds. The molecule has 0 atom stereocenters. The van der Waals surface area contributed by atoms with Gasteiger partial charge in [0.1, 0.15) is 24.7 Å². The van der Waals surface area contributed by atoms with E-state index in [-0.39, 0.29) is 5.91 Å². The molecule has 0 heterocycles. The summed E-state index contributed by atoms with van der Waals surface area (Å²) < 4.78 is 11.2. The van der Waals surface area contributed by atoms with E-state index in [0.717, 1.165) is 5.75 Å². The van der Waals surface area contributed by atoms with Gasteiger partial charge < -0.3 is 14.8 Å². The van der Waals surface area contributed by atoms with E-state index < -0.39 is 0 Å². The van der Waals surface area contributed by atoms with Gasteiger partial charge in [0.05, 0.1) is 5.56 Å². The predicted octanol–water partition coefficient (Wildman–Crippen LogP) is 2.89. The molecule has 110 valence electrons. The monoisotopic (exact) mass is 285 g/mol. The number of para-hydroxylation sites is 2. The third kappa shape index (κ3) is 4.53. The first-order chi connectivity index (χ1) is 10.3. The molecule has 0 aromatic heterocycles. The van der Waals surface area contributed by atoms with Crippen molar-refractivity contribution in [3.8, 4) is 11.5 Å². The summed E-state index contributed by atoms with van der Waals surface area (Å²) in [7, 11) is 0. The fraction of sp³-hybridized carbons (Fsp3) is 0.235. The third-order valence-corrected chi connectivity index (χ3v) is 2.82. The second kappa shape index (κ2) is 7.94. The van der Waals surface area contributed by atoms with Crippen LogP contribution < -0.4 is 14.8 Å². The third-order valence-electron chi connectivity index (χ3n) is 2.82. The number of rotatable bonds is 7. The van der Waals surface area contributed by atoms with E-state index in [1.165, 1.54) is 0 Å². The second-order valence-electron chi connectivity index (χ2n) is 4.37. The highest BCUT2D eigenvalue weighted by Gasteiger charge is 2.10. The van der Waals surface area contributed by atoms with Crippen LogP contribution in [0.3, 0.4) is 0 Å². The van der Waals surface area contributed by atoms with Crippen LogP contribution in [0.15, 0.2) is 54.6 Å². The van der Waals surface area contributed by atoms with Gasteiger partial charge in [0.25, 0.3) is 5.91 Å². The average Bonchev–Trinajstić information content (AvgIpc) is 2.53. The summed E-state index contributed by atoms with van der Waals surface area (Å²) in [4.78, 5) is 11.9. The second-order valence-corrected chi connectivity index (χ2v) is 4.37. The lowest BCUT2D eigenvalue weighted by Gasteiger charge is -2.11. The molecule has 2 rings (SSSR count). The van der Waals surface area contributed by atoms with E-state index in [2.05, 4.69) is 5.32 Å². The summed E-state index contributed by atoms with van der Waals surface area (Å²) >= 11 is 0. The highest BCUT2D eigenvalue weighted by Crippen LogP contribution is 2.17. The van der Waals surface area contributed by atoms with Crippen LogP contribution in [0.2, 0.25) is 0 Å². The standard InChI is InChI=1S/C17H19NO3/c1-2-18-17(19)15-10-6-7-11-16(15)21-13-12-20-14-8-4-3-5-9-14/h3-11H,2,12-13H2,1H3,(H,18,19). The van der Waals surface area contributed by atoms with Crippen molar-refractivity contribution < 1.29 is 14.3 Å². The Balaban J connectivity index is 1.87. The van der Waals surface area contributed by atoms with E-state index >= 15 is 0 Å². The Morgan fingerprint density at radius 1 is 0.952 bits per heavy atom. The molecule has 4 heteroatoms. The first-order valence-electron chi connectivity index (χ1n) is 6.99. The van der Waals surface area contributed by atoms with Crippen LogP contribution in [0.1, 0.15) is 17.3 Å². The number of hydrogen-bond acceptors (Lipinski definition) is 3. The van der Waals surface area contributed by atoms with Gasteiger partial charge in [-0.25, -0.2) is 0 Å². The largest absolute Gasteiger partial charge is 0.490 e. The van der Waals surface area contributed by atoms with Gasteiger partial charge in [0, 0.05) is 6.54 Å². The van der Waals surface area contributed by atoms with E-state index in [1.54, 1.807) is 12.1 Å². The minimum absolute atomic E-state index is 0.128. The molecule has 0 unspecified atom stereocenters. The van der Waals surface area contributed by atoms with Crippen LogP contribution in [0.4, 0.5) is 0 Å². The normalized spacial score (nSPS) is 9.95. The summed E-state index contributed by atoms with van der Waals surface area (Å²) in [5.41, 5.74) is 0.541. The summed E-state index contributed by atoms with van der Waals surface area (Å²) in [5, 5.41) is 2.77. The molecule has 0 saturated carbocycles. The van der Waals surface area contributed by atoms with E-state index in [0.29, 0.717) is 31.1 Å². The highest BCUT2D eigenvalue weighted by molar-refractivity contribution is 5.96. The Kier molecular flexibility index (Phi) is 5.64. The minimum atomic E-state index is -0.128. The molecule has 0 fully saturated rings. The molecule has 0 saturated heterocycles. The lowest BCUT2D eigenvalue weighted by molar-refractivity contribution is 0.0950. The minimum Gasteiger partial charge on any atom is -0.490 e. The van der Waals surface area contributed by atoms with Gasteiger partial charge in [-0.3, -0.25) is 4.79 Å². The van der Waals surface area contributed by atoms with E-state index in [9.17, 15) is 4.79 Å². The number of carbonyl (C=O) groups excluding carboxylic acids is 1. The Labute approximate surface area is 124 Å². The first-order valence-corrected chi connectivity index (χ1v) is 6.99. The van der Waals surface area contributed by atoms with Crippen molar-refractivity contribution in [2.75, 3.05) is 19.8 Å². The molecule has 2 aromatic carbocycles. The van der Waals surface area contributed by atoms with Gasteiger partial charge in [-0.2, -0.15) is 0 Å². The SMILES string of the molecule is CCNC(=O)c1ccccc1OCCOc1ccccc1. The molecule has 1 N–H and O–H groups in total. The predicted molar refractivity (Wildman–Crippen MR) is 81.9 cm³/mol. The molecule has 0 aliphatic heterocycles. The number of nitrogens with one attached hydrogen (secondary N) is 1. The fourth-order valence-electron chi connectivity index (χ4n) is 1.86. The summed E-state index contributed by atoms with van der Waals surface area (Å²) in [6, 6.07) is 16.7. The molecular weight excluding hydrogens is 266 g/mol. The van der Waals surface area contributed by atoms with Crippen molar-refractivity contribution in [2.45, 2.75) is 6.92 Å². The Morgan fingerprint density at radius 2 is 1.62 bits per heavy atom. The summed E-state index contributed by atoms with van der Waals surface area (Å²) in [6.07, 6.45) is 0. The number of amides is 1. The Hall–Kier alpha value is -2.49. The van der Waals surface area contributed by atoms with Crippen LogP contribution in [0, 0.1) is 0 Å². The van der Waals surface area contributed by atoms with Crippen molar-refractivity contribution >= 4 is 5.91 Å². The van der Waals surface area contributed by atoms with E-state index in [4.69, 9.17) is 9.47 Å². The lowest BCUT2D eigenvalue weighted by Crippen LogP contribution is -2.23. The summed E-state index contributed by atoms with van der Waals surface area (Å²) in [6.45, 7) is 3.28. The van der Waals surface area contributed by atoms with Crippen molar-refractivity contribution in [3.63, 3.8) is 0 Å². The zero-order valence-electron chi connectivity index (χ0n) is 12.0. The van der Waals surface area contributed by atoms with Gasteiger partial charge in [0.15, 0.2) is 0 Å². The van der Waals surface area contributed by atoms with Crippen molar-refractivity contribution in [2.24, 2.45) is 0 Å². The van der Waals surface area contributed by atoms with Crippen LogP contribution in [0.25, 0.3) is 0 Å². The van der Waals surface area contributed by atoms with Crippen LogP contribution in [-0.2, 0) is 0 Å². The molecule has 0 bridgehead atoms. The maximum atomic E-state index is 11.9. The van der Waals surface area contributed by atoms with Crippen LogP contribution >= 0.6 is 0 Å². The first kappa shape index (κ1) is 14.9. The molecule has 0 radical (unpaired) electrons. The maximum absolute atomic E-state index is 11.9. The van der Waals surface area contributed by atoms with Crippen LogP contribution in [0.5, 0.6) is 11.5 Å². The number of benzene rings is 2. The number of carbonyl (C=O) groups is 1. The average molecular weight is 285 g/mol. The van der Waals surface area contributed by atoms with Gasteiger partial charge in [0.2, 0.25) is 0 Å². The molecular formula is C17H19NO3. The molecule has 0 spiro atoms. The fourth-order valence-corrected chi connectivity index (χ4v) is 1.86. The van der Waals surface area contributed by atoms with Gasteiger partial charge in [-0.05, 0) is 31.2 Å². The zero-order valence-corrected chi connectivity index (χ0v) is 12.0. The topological polar surface area (TPSA) is 47.6 Å². The smallest absolute Gasteiger partial charge is 0.255 e. The molecule has 4 nitrogen and oxygen atoms in total. The highest BCUT2D eigenvalue weighted by atomic mass is 16.5. The molecule has 2 aromatic rings. The molecule has 0 aliphatic rings. The lowest BCUT2D eigenvalue weighted by atomic mass is 10.2. The van der Waals surface area contributed by atoms with Crippen LogP contribution in [-0.4, -0.2) is 25.7 Å². The van der Waals surface area contributed by atoms with Crippen molar-refractivity contribution in [3.05, 3.63) is 60.2 Å². The van der Waals surface area contributed by atoms with Crippen molar-refractivity contribution in [1.29, 1.82) is 0 Å². The van der Waals surface area contributed by atoms with E-state index in [1.807, 2.05) is 49.4 Å². The van der Waals surface area contributed by atoms with Gasteiger partial charge >= 0.3 is 0 Å². The molecule has 0 aliphatic carbocycles. The molecule has 21 heavy (non-hydrogen) atoms. The zero-order chi connectivity index (χ0) is 14.9. The van der Waals surface area contributed by atoms with Crippen molar-refractivity contribution in [1.82, 2.24) is 5.32 Å². The quantitative estimate of drug-likeness (QED) is 0.796. The summed E-state index contributed by atoms with van der Waals surface area (Å²) in [5.74, 6) is 1.25. The Morgan fingerprint density at radius 3 is 2.38 bits per heavy atom. The van der Waals surface area contributed by atoms with Gasteiger partial charge in [-0.15, -0.1) is 0 Å². The van der Waals surface area contributed by atoms with Gasteiger partial charge in [-0.1, -0.05) is 30.3 Å². The Bertz CT molecular complexity index is 569. The number of hydrogen-bond donors (Lipinski definition) is 1.